The van der Waals surface area contributed by atoms with Gasteiger partial charge in [-0.3, -0.25) is 4.68 Å². The van der Waals surface area contributed by atoms with Crippen molar-refractivity contribution < 1.29 is 0 Å². The third kappa shape index (κ3) is 3.00. The molecule has 4 heteroatoms. The number of hydrogen-bond donors (Lipinski definition) is 1. The average Bonchev–Trinajstić information content (AvgIpc) is 2.45. The number of nitrogens with one attached hydrogen (secondary N) is 1. The Balaban J connectivity index is 2.15. The van der Waals surface area contributed by atoms with Crippen LogP contribution in [-0.4, -0.2) is 28.6 Å². The first-order valence-electron chi connectivity index (χ1n) is 4.32. The molecule has 4 nitrogen and oxygen atoms in total. The summed E-state index contributed by atoms with van der Waals surface area (Å²) in [5, 5.41) is 11.0. The van der Waals surface area contributed by atoms with Crippen LogP contribution in [0.15, 0.2) is 6.20 Å². The Kier molecular flexibility index (Phi) is 3.73. The standard InChI is InChI=1S/C8H16N4/c1-9-6-4-3-5-8-7-12(2)11-10-8/h7,9H,3-6H2,1-2H3. The summed E-state index contributed by atoms with van der Waals surface area (Å²) in [4.78, 5) is 0. The lowest BCUT2D eigenvalue weighted by Crippen LogP contribution is -2.07. The zero-order valence-corrected chi connectivity index (χ0v) is 7.75. The Hall–Kier alpha value is -0.900. The van der Waals surface area contributed by atoms with E-state index in [0.29, 0.717) is 0 Å². The fraction of sp³-hybridized carbons (Fsp3) is 0.750. The van der Waals surface area contributed by atoms with Gasteiger partial charge in [0.05, 0.1) is 5.69 Å². The van der Waals surface area contributed by atoms with Crippen LogP contribution in [0.4, 0.5) is 0 Å². The molecule has 0 aromatic carbocycles. The van der Waals surface area contributed by atoms with Crippen molar-refractivity contribution in [2.45, 2.75) is 19.3 Å². The summed E-state index contributed by atoms with van der Waals surface area (Å²) in [5.74, 6) is 0. The summed E-state index contributed by atoms with van der Waals surface area (Å²) < 4.78 is 1.74. The molecular formula is C8H16N4. The molecule has 0 aliphatic rings. The number of aryl methyl sites for hydroxylation is 2. The average molecular weight is 168 g/mol. The quantitative estimate of drug-likeness (QED) is 0.645. The van der Waals surface area contributed by atoms with Crippen LogP contribution < -0.4 is 5.32 Å². The highest BCUT2D eigenvalue weighted by molar-refractivity contribution is 4.91. The number of hydrogen-bond acceptors (Lipinski definition) is 3. The lowest BCUT2D eigenvalue weighted by molar-refractivity contribution is 0.668. The van der Waals surface area contributed by atoms with Crippen molar-refractivity contribution in [2.75, 3.05) is 13.6 Å². The van der Waals surface area contributed by atoms with Crippen LogP contribution in [0.1, 0.15) is 18.5 Å². The van der Waals surface area contributed by atoms with Crippen LogP contribution in [-0.2, 0) is 13.5 Å². The second-order valence-electron chi connectivity index (χ2n) is 2.94. The van der Waals surface area contributed by atoms with Gasteiger partial charge < -0.3 is 5.32 Å². The molecule has 1 rings (SSSR count). The molecule has 0 fully saturated rings. The summed E-state index contributed by atoms with van der Waals surface area (Å²) >= 11 is 0. The van der Waals surface area contributed by atoms with Gasteiger partial charge in [-0.05, 0) is 32.9 Å². The van der Waals surface area contributed by atoms with Crippen LogP contribution in [0, 0.1) is 0 Å². The third-order valence-electron chi connectivity index (χ3n) is 1.76. The van der Waals surface area contributed by atoms with Crippen molar-refractivity contribution in [3.05, 3.63) is 11.9 Å². The van der Waals surface area contributed by atoms with E-state index in [1.54, 1.807) is 4.68 Å². The smallest absolute Gasteiger partial charge is 0.0827 e. The fourth-order valence-electron chi connectivity index (χ4n) is 1.12. The van der Waals surface area contributed by atoms with Crippen molar-refractivity contribution in [3.8, 4) is 0 Å². The second-order valence-corrected chi connectivity index (χ2v) is 2.94. The van der Waals surface area contributed by atoms with Crippen molar-refractivity contribution >= 4 is 0 Å². The van der Waals surface area contributed by atoms with Gasteiger partial charge in [-0.1, -0.05) is 5.21 Å². The molecule has 0 unspecified atom stereocenters. The fourth-order valence-corrected chi connectivity index (χ4v) is 1.12. The van der Waals surface area contributed by atoms with Crippen LogP contribution in [0.3, 0.4) is 0 Å². The molecular weight excluding hydrogens is 152 g/mol. The van der Waals surface area contributed by atoms with E-state index < -0.39 is 0 Å². The molecule has 12 heavy (non-hydrogen) atoms. The maximum Gasteiger partial charge on any atom is 0.0827 e. The number of unbranched alkanes of at least 4 members (excludes halogenated alkanes) is 1. The summed E-state index contributed by atoms with van der Waals surface area (Å²) in [6, 6.07) is 0. The van der Waals surface area contributed by atoms with Crippen molar-refractivity contribution in [1.29, 1.82) is 0 Å². The molecule has 0 radical (unpaired) electrons. The highest BCUT2D eigenvalue weighted by Gasteiger charge is 1.96. The van der Waals surface area contributed by atoms with Gasteiger partial charge in [0, 0.05) is 13.2 Å². The Bertz CT molecular complexity index is 219. The molecule has 0 saturated carbocycles. The maximum absolute atomic E-state index is 4.01. The van der Waals surface area contributed by atoms with Gasteiger partial charge in [-0.15, -0.1) is 5.10 Å². The molecule has 0 saturated heterocycles. The number of aromatic nitrogens is 3. The second kappa shape index (κ2) is 4.87. The molecule has 0 spiro atoms. The van der Waals surface area contributed by atoms with E-state index in [1.165, 1.54) is 12.8 Å². The van der Waals surface area contributed by atoms with E-state index >= 15 is 0 Å². The lowest BCUT2D eigenvalue weighted by Gasteiger charge is -1.96. The molecule has 0 bridgehead atoms. The molecule has 1 aromatic heterocycles. The Labute approximate surface area is 73.0 Å². The van der Waals surface area contributed by atoms with Gasteiger partial charge in [0.15, 0.2) is 0 Å². The maximum atomic E-state index is 4.01. The molecule has 0 atom stereocenters. The lowest BCUT2D eigenvalue weighted by atomic mass is 10.2. The zero-order valence-electron chi connectivity index (χ0n) is 7.75. The predicted octanol–water partition coefficient (Wildman–Crippen LogP) is 0.357. The van der Waals surface area contributed by atoms with Gasteiger partial charge in [-0.25, -0.2) is 0 Å². The first kappa shape index (κ1) is 9.19. The van der Waals surface area contributed by atoms with E-state index in [1.807, 2.05) is 20.3 Å². The first-order valence-corrected chi connectivity index (χ1v) is 4.32. The molecule has 68 valence electrons. The highest BCUT2D eigenvalue weighted by Crippen LogP contribution is 1.98. The normalized spacial score (nSPS) is 10.5. The van der Waals surface area contributed by atoms with Gasteiger partial charge >= 0.3 is 0 Å². The SMILES string of the molecule is CNCCCCc1cn(C)nn1. The largest absolute Gasteiger partial charge is 0.320 e. The van der Waals surface area contributed by atoms with Crippen LogP contribution in [0.5, 0.6) is 0 Å². The number of nitrogens with zero attached hydrogens (tertiary/aromatic N) is 3. The van der Waals surface area contributed by atoms with Gasteiger partial charge in [0.1, 0.15) is 0 Å². The van der Waals surface area contributed by atoms with E-state index in [2.05, 4.69) is 15.6 Å². The Morgan fingerprint density at radius 2 is 2.33 bits per heavy atom. The van der Waals surface area contributed by atoms with Gasteiger partial charge in [0.2, 0.25) is 0 Å². The summed E-state index contributed by atoms with van der Waals surface area (Å²) in [5.41, 5.74) is 1.09. The monoisotopic (exact) mass is 168 g/mol. The van der Waals surface area contributed by atoms with Gasteiger partial charge in [0.25, 0.3) is 0 Å². The van der Waals surface area contributed by atoms with Crippen molar-refractivity contribution in [2.24, 2.45) is 7.05 Å². The van der Waals surface area contributed by atoms with E-state index in [4.69, 9.17) is 0 Å². The molecule has 0 aliphatic carbocycles. The zero-order chi connectivity index (χ0) is 8.81. The molecule has 1 heterocycles. The van der Waals surface area contributed by atoms with E-state index in [0.717, 1.165) is 18.7 Å². The molecule has 1 aromatic rings. The minimum Gasteiger partial charge on any atom is -0.320 e. The minimum absolute atomic E-state index is 1.04. The molecule has 0 amide bonds. The predicted molar refractivity (Wildman–Crippen MR) is 47.9 cm³/mol. The van der Waals surface area contributed by atoms with Crippen LogP contribution in [0.25, 0.3) is 0 Å². The summed E-state index contributed by atoms with van der Waals surface area (Å²) in [6.45, 7) is 1.08. The topological polar surface area (TPSA) is 42.7 Å². The van der Waals surface area contributed by atoms with Gasteiger partial charge in [-0.2, -0.15) is 0 Å². The number of rotatable bonds is 5. The van der Waals surface area contributed by atoms with E-state index in [9.17, 15) is 0 Å². The molecule has 1 N–H and O–H groups in total. The first-order chi connectivity index (χ1) is 5.83. The van der Waals surface area contributed by atoms with Crippen molar-refractivity contribution in [3.63, 3.8) is 0 Å². The van der Waals surface area contributed by atoms with Crippen LogP contribution >= 0.6 is 0 Å². The highest BCUT2D eigenvalue weighted by atomic mass is 15.4. The van der Waals surface area contributed by atoms with Crippen molar-refractivity contribution in [1.82, 2.24) is 20.3 Å². The van der Waals surface area contributed by atoms with Crippen LogP contribution in [0.2, 0.25) is 0 Å². The van der Waals surface area contributed by atoms with E-state index in [-0.39, 0.29) is 0 Å². The minimum atomic E-state index is 1.04. The molecule has 0 aliphatic heterocycles. The summed E-state index contributed by atoms with van der Waals surface area (Å²) in [7, 11) is 3.87. The Morgan fingerprint density at radius 3 is 2.92 bits per heavy atom. The third-order valence-corrected chi connectivity index (χ3v) is 1.76. The Morgan fingerprint density at radius 1 is 1.50 bits per heavy atom. The summed E-state index contributed by atoms with van der Waals surface area (Å²) in [6.07, 6.45) is 5.39.